The third-order valence-corrected chi connectivity index (χ3v) is 5.92. The summed E-state index contributed by atoms with van der Waals surface area (Å²) in [6.07, 6.45) is 1.87. The topological polar surface area (TPSA) is 40.6 Å². The van der Waals surface area contributed by atoms with Gasteiger partial charge in [0.15, 0.2) is 0 Å². The molecule has 0 aromatic heterocycles. The maximum Gasteiger partial charge on any atom is 0.254 e. The Labute approximate surface area is 187 Å². The SMILES string of the molecule is C/C(=C\c1ccccc1)[C@@H]1C(=O)N(c2cccc(C)c2C)CC(=O)N1c1ccccc1F. The van der Waals surface area contributed by atoms with Crippen LogP contribution in [-0.4, -0.2) is 24.4 Å². The van der Waals surface area contributed by atoms with E-state index in [1.807, 2.05) is 75.4 Å². The van der Waals surface area contributed by atoms with Crippen LogP contribution in [0.25, 0.3) is 6.08 Å². The first-order valence-electron chi connectivity index (χ1n) is 10.6. The minimum absolute atomic E-state index is 0.109. The van der Waals surface area contributed by atoms with E-state index in [9.17, 15) is 14.0 Å². The van der Waals surface area contributed by atoms with Crippen LogP contribution in [0.1, 0.15) is 23.6 Å². The molecule has 1 aliphatic rings. The van der Waals surface area contributed by atoms with E-state index in [1.165, 1.54) is 21.9 Å². The van der Waals surface area contributed by atoms with E-state index >= 15 is 0 Å². The van der Waals surface area contributed by atoms with Crippen LogP contribution in [0.15, 0.2) is 78.4 Å². The molecule has 1 atom stereocenters. The van der Waals surface area contributed by atoms with Crippen molar-refractivity contribution in [2.75, 3.05) is 16.3 Å². The van der Waals surface area contributed by atoms with E-state index in [0.29, 0.717) is 11.3 Å². The summed E-state index contributed by atoms with van der Waals surface area (Å²) in [5.41, 5.74) is 4.35. The first-order chi connectivity index (χ1) is 15.4. The fourth-order valence-electron chi connectivity index (χ4n) is 4.13. The molecule has 0 saturated carbocycles. The Balaban J connectivity index is 1.84. The molecule has 1 aliphatic heterocycles. The first kappa shape index (κ1) is 21.5. The Morgan fingerprint density at radius 2 is 1.56 bits per heavy atom. The summed E-state index contributed by atoms with van der Waals surface area (Å²) in [5, 5.41) is 0. The third-order valence-electron chi connectivity index (χ3n) is 5.92. The largest absolute Gasteiger partial charge is 0.301 e. The van der Waals surface area contributed by atoms with Gasteiger partial charge in [-0.05, 0) is 61.2 Å². The standard InChI is InChI=1S/C27H25FN2O2/c1-18-10-9-15-23(20(18)3)29-17-25(31)30(24-14-8-7-13-22(24)28)26(27(29)32)19(2)16-21-11-5-4-6-12-21/h4-16,26H,17H2,1-3H3/b19-16+/t26-/m1/s1. The van der Waals surface area contributed by atoms with Crippen molar-refractivity contribution in [2.24, 2.45) is 0 Å². The smallest absolute Gasteiger partial charge is 0.254 e. The highest BCUT2D eigenvalue weighted by Gasteiger charge is 2.43. The number of para-hydroxylation sites is 1. The van der Waals surface area contributed by atoms with Gasteiger partial charge in [-0.1, -0.05) is 60.7 Å². The molecular weight excluding hydrogens is 403 g/mol. The van der Waals surface area contributed by atoms with Crippen LogP contribution in [0.2, 0.25) is 0 Å². The zero-order valence-corrected chi connectivity index (χ0v) is 18.4. The minimum Gasteiger partial charge on any atom is -0.301 e. The fraction of sp³-hybridized carbons (Fsp3) is 0.185. The third kappa shape index (κ3) is 3.94. The van der Waals surface area contributed by atoms with E-state index in [0.717, 1.165) is 16.7 Å². The van der Waals surface area contributed by atoms with Crippen LogP contribution < -0.4 is 9.80 Å². The minimum atomic E-state index is -0.951. The number of amides is 2. The molecule has 0 N–H and O–H groups in total. The number of carbonyl (C=O) groups is 2. The van der Waals surface area contributed by atoms with Crippen molar-refractivity contribution in [3.63, 3.8) is 0 Å². The number of halogens is 1. The van der Waals surface area contributed by atoms with E-state index in [4.69, 9.17) is 0 Å². The summed E-state index contributed by atoms with van der Waals surface area (Å²) >= 11 is 0. The molecule has 2 amide bonds. The van der Waals surface area contributed by atoms with Gasteiger partial charge in [0.05, 0.1) is 5.69 Å². The first-order valence-corrected chi connectivity index (χ1v) is 10.6. The Bertz CT molecular complexity index is 1200. The van der Waals surface area contributed by atoms with Gasteiger partial charge in [0, 0.05) is 5.69 Å². The van der Waals surface area contributed by atoms with Gasteiger partial charge in [-0.25, -0.2) is 4.39 Å². The summed E-state index contributed by atoms with van der Waals surface area (Å²) < 4.78 is 14.7. The van der Waals surface area contributed by atoms with Gasteiger partial charge in [0.25, 0.3) is 5.91 Å². The van der Waals surface area contributed by atoms with Gasteiger partial charge in [-0.3, -0.25) is 14.5 Å². The van der Waals surface area contributed by atoms with Gasteiger partial charge in [0.1, 0.15) is 18.4 Å². The second-order valence-electron chi connectivity index (χ2n) is 8.06. The molecule has 5 heteroatoms. The monoisotopic (exact) mass is 428 g/mol. The number of anilines is 2. The molecule has 0 radical (unpaired) electrons. The number of nitrogens with zero attached hydrogens (tertiary/aromatic N) is 2. The summed E-state index contributed by atoms with van der Waals surface area (Å²) in [6, 6.07) is 20.4. The van der Waals surface area contributed by atoms with Crippen LogP contribution in [0.4, 0.5) is 15.8 Å². The summed E-state index contributed by atoms with van der Waals surface area (Å²) in [6.45, 7) is 5.57. The molecule has 4 nitrogen and oxygen atoms in total. The van der Waals surface area contributed by atoms with Crippen LogP contribution in [0.3, 0.4) is 0 Å². The van der Waals surface area contributed by atoms with Crippen LogP contribution in [0.5, 0.6) is 0 Å². The second kappa shape index (κ2) is 8.79. The number of benzene rings is 3. The van der Waals surface area contributed by atoms with Crippen LogP contribution in [0, 0.1) is 19.7 Å². The Hall–Kier alpha value is -3.73. The molecule has 1 fully saturated rings. The summed E-state index contributed by atoms with van der Waals surface area (Å²) in [4.78, 5) is 30.0. The molecule has 162 valence electrons. The van der Waals surface area contributed by atoms with Gasteiger partial charge in [-0.15, -0.1) is 0 Å². The highest BCUT2D eigenvalue weighted by Crippen LogP contribution is 2.33. The maximum absolute atomic E-state index is 14.7. The van der Waals surface area contributed by atoms with Gasteiger partial charge in [-0.2, -0.15) is 0 Å². The number of hydrogen-bond donors (Lipinski definition) is 0. The van der Waals surface area contributed by atoms with Crippen molar-refractivity contribution in [3.05, 3.63) is 101 Å². The highest BCUT2D eigenvalue weighted by atomic mass is 19.1. The molecule has 0 spiro atoms. The molecule has 0 aliphatic carbocycles. The fourth-order valence-corrected chi connectivity index (χ4v) is 4.13. The predicted octanol–water partition coefficient (Wildman–Crippen LogP) is 5.29. The second-order valence-corrected chi connectivity index (χ2v) is 8.06. The molecule has 32 heavy (non-hydrogen) atoms. The van der Waals surface area contributed by atoms with E-state index in [-0.39, 0.29) is 24.0 Å². The quantitative estimate of drug-likeness (QED) is 0.566. The molecule has 0 unspecified atom stereocenters. The molecule has 0 bridgehead atoms. The van der Waals surface area contributed by atoms with Crippen LogP contribution in [-0.2, 0) is 9.59 Å². The Morgan fingerprint density at radius 3 is 2.28 bits per heavy atom. The van der Waals surface area contributed by atoms with Crippen molar-refractivity contribution in [2.45, 2.75) is 26.8 Å². The average Bonchev–Trinajstić information content (AvgIpc) is 2.78. The van der Waals surface area contributed by atoms with Gasteiger partial charge >= 0.3 is 0 Å². The van der Waals surface area contributed by atoms with Crippen LogP contribution >= 0.6 is 0 Å². The Morgan fingerprint density at radius 1 is 0.906 bits per heavy atom. The number of hydrogen-bond acceptors (Lipinski definition) is 2. The number of carbonyl (C=O) groups excluding carboxylic acids is 2. The number of rotatable bonds is 4. The van der Waals surface area contributed by atoms with Crippen molar-refractivity contribution in [1.82, 2.24) is 0 Å². The van der Waals surface area contributed by atoms with E-state index in [1.54, 1.807) is 12.1 Å². The van der Waals surface area contributed by atoms with Crippen molar-refractivity contribution < 1.29 is 14.0 Å². The maximum atomic E-state index is 14.7. The summed E-state index contributed by atoms with van der Waals surface area (Å²) in [5.74, 6) is -1.13. The zero-order valence-electron chi connectivity index (χ0n) is 18.4. The Kier molecular flexibility index (Phi) is 5.91. The van der Waals surface area contributed by atoms with Crippen molar-refractivity contribution in [3.8, 4) is 0 Å². The molecule has 3 aromatic carbocycles. The molecule has 4 rings (SSSR count). The predicted molar refractivity (Wildman–Crippen MR) is 126 cm³/mol. The zero-order chi connectivity index (χ0) is 22.8. The van der Waals surface area contributed by atoms with Gasteiger partial charge < -0.3 is 4.90 Å². The molecule has 1 heterocycles. The van der Waals surface area contributed by atoms with E-state index in [2.05, 4.69) is 0 Å². The molecular formula is C27H25FN2O2. The lowest BCUT2D eigenvalue weighted by Gasteiger charge is -2.41. The van der Waals surface area contributed by atoms with Gasteiger partial charge in [0.2, 0.25) is 5.91 Å². The lowest BCUT2D eigenvalue weighted by atomic mass is 9.97. The number of aryl methyl sites for hydroxylation is 1. The van der Waals surface area contributed by atoms with Crippen molar-refractivity contribution in [1.29, 1.82) is 0 Å². The normalized spacial score (nSPS) is 17.1. The lowest BCUT2D eigenvalue weighted by molar-refractivity contribution is -0.127. The van der Waals surface area contributed by atoms with Crippen molar-refractivity contribution >= 4 is 29.3 Å². The number of piperazine rings is 1. The summed E-state index contributed by atoms with van der Waals surface area (Å²) in [7, 11) is 0. The highest BCUT2D eigenvalue weighted by molar-refractivity contribution is 6.16. The average molecular weight is 429 g/mol. The lowest BCUT2D eigenvalue weighted by Crippen LogP contribution is -2.61. The molecule has 3 aromatic rings. The van der Waals surface area contributed by atoms with E-state index < -0.39 is 11.9 Å². The molecule has 1 saturated heterocycles.